The Kier molecular flexibility index (Phi) is 4.64. The maximum absolute atomic E-state index is 6.36. The smallest absolute Gasteiger partial charge is 0.0469 e. The van der Waals surface area contributed by atoms with Gasteiger partial charge in [0.05, 0.1) is 0 Å². The summed E-state index contributed by atoms with van der Waals surface area (Å²) in [5.74, 6) is 0.552. The van der Waals surface area contributed by atoms with E-state index in [0.29, 0.717) is 5.92 Å². The molecule has 0 amide bonds. The van der Waals surface area contributed by atoms with Gasteiger partial charge in [0.15, 0.2) is 0 Å². The lowest BCUT2D eigenvalue weighted by molar-refractivity contribution is 0.0583. The van der Waals surface area contributed by atoms with Gasteiger partial charge in [0, 0.05) is 27.3 Å². The average Bonchev–Trinajstić information content (AvgIpc) is 2.32. The summed E-state index contributed by atoms with van der Waals surface area (Å²) in [6.45, 7) is 1.70. The number of ether oxygens (including phenoxy) is 1. The first kappa shape index (κ1) is 12.8. The van der Waals surface area contributed by atoms with Crippen molar-refractivity contribution in [2.24, 2.45) is 11.7 Å². The Labute approximate surface area is 118 Å². The van der Waals surface area contributed by atoms with Crippen LogP contribution in [0.2, 0.25) is 0 Å². The van der Waals surface area contributed by atoms with Gasteiger partial charge < -0.3 is 10.5 Å². The van der Waals surface area contributed by atoms with Gasteiger partial charge in [-0.3, -0.25) is 0 Å². The van der Waals surface area contributed by atoms with E-state index in [9.17, 15) is 0 Å². The zero-order chi connectivity index (χ0) is 11.5. The van der Waals surface area contributed by atoms with Crippen molar-refractivity contribution in [3.05, 3.63) is 31.8 Å². The van der Waals surface area contributed by atoms with Gasteiger partial charge in [-0.25, -0.2) is 0 Å². The van der Waals surface area contributed by atoms with Gasteiger partial charge in [-0.2, -0.15) is 0 Å². The summed E-state index contributed by atoms with van der Waals surface area (Å²) in [6, 6.07) is 6.44. The molecule has 4 heteroatoms. The highest BCUT2D eigenvalue weighted by Crippen LogP contribution is 2.32. The zero-order valence-corrected chi connectivity index (χ0v) is 12.7. The van der Waals surface area contributed by atoms with E-state index in [-0.39, 0.29) is 6.04 Å². The van der Waals surface area contributed by atoms with Crippen LogP contribution in [0, 0.1) is 9.49 Å². The quantitative estimate of drug-likeness (QED) is 0.778. The molecule has 1 aliphatic heterocycles. The molecule has 0 saturated carbocycles. The molecule has 2 nitrogen and oxygen atoms in total. The first-order chi connectivity index (χ1) is 7.68. The minimum Gasteiger partial charge on any atom is -0.381 e. The Morgan fingerprint density at radius 2 is 2.06 bits per heavy atom. The Balaban J connectivity index is 2.18. The van der Waals surface area contributed by atoms with Gasteiger partial charge in [0.25, 0.3) is 0 Å². The number of halogens is 2. The van der Waals surface area contributed by atoms with Gasteiger partial charge in [0.1, 0.15) is 0 Å². The van der Waals surface area contributed by atoms with E-state index in [0.717, 1.165) is 30.5 Å². The summed E-state index contributed by atoms with van der Waals surface area (Å²) in [4.78, 5) is 0. The molecule has 1 aliphatic rings. The lowest BCUT2D eigenvalue weighted by Gasteiger charge is -2.28. The molecule has 1 atom stereocenters. The van der Waals surface area contributed by atoms with E-state index in [1.54, 1.807) is 0 Å². The fourth-order valence-corrected chi connectivity index (χ4v) is 3.17. The maximum Gasteiger partial charge on any atom is 0.0469 e. The molecule has 0 bridgehead atoms. The average molecular weight is 396 g/mol. The molecule has 1 saturated heterocycles. The first-order valence-electron chi connectivity index (χ1n) is 5.47. The van der Waals surface area contributed by atoms with E-state index in [1.165, 1.54) is 9.13 Å². The minimum absolute atomic E-state index is 0.133. The molecule has 0 aromatic heterocycles. The predicted octanol–water partition coefficient (Wildman–Crippen LogP) is 3.48. The molecule has 0 spiro atoms. The molecule has 1 fully saturated rings. The Hall–Kier alpha value is 0.350. The SMILES string of the molecule is NC(c1cc(Br)ccc1I)C1CCOCC1. The Morgan fingerprint density at radius 3 is 2.75 bits per heavy atom. The van der Waals surface area contributed by atoms with Crippen molar-refractivity contribution < 1.29 is 4.74 Å². The molecule has 0 radical (unpaired) electrons. The number of nitrogens with two attached hydrogens (primary N) is 1. The van der Waals surface area contributed by atoms with Crippen molar-refractivity contribution in [3.63, 3.8) is 0 Å². The molecule has 0 aliphatic carbocycles. The van der Waals surface area contributed by atoms with Crippen LogP contribution in [0.1, 0.15) is 24.4 Å². The van der Waals surface area contributed by atoms with E-state index in [1.807, 2.05) is 0 Å². The van der Waals surface area contributed by atoms with Crippen LogP contribution in [-0.4, -0.2) is 13.2 Å². The first-order valence-corrected chi connectivity index (χ1v) is 7.34. The molecule has 88 valence electrons. The highest BCUT2D eigenvalue weighted by atomic mass is 127. The van der Waals surface area contributed by atoms with Crippen molar-refractivity contribution in [2.75, 3.05) is 13.2 Å². The monoisotopic (exact) mass is 395 g/mol. The normalized spacial score (nSPS) is 19.7. The van der Waals surface area contributed by atoms with Crippen LogP contribution < -0.4 is 5.73 Å². The summed E-state index contributed by atoms with van der Waals surface area (Å²) in [6.07, 6.45) is 2.15. The van der Waals surface area contributed by atoms with E-state index >= 15 is 0 Å². The van der Waals surface area contributed by atoms with Gasteiger partial charge in [-0.15, -0.1) is 0 Å². The third kappa shape index (κ3) is 2.97. The number of hydrogen-bond acceptors (Lipinski definition) is 2. The fourth-order valence-electron chi connectivity index (χ4n) is 2.10. The van der Waals surface area contributed by atoms with Gasteiger partial charge in [-0.1, -0.05) is 15.9 Å². The largest absolute Gasteiger partial charge is 0.381 e. The van der Waals surface area contributed by atoms with Crippen molar-refractivity contribution in [3.8, 4) is 0 Å². The second-order valence-electron chi connectivity index (χ2n) is 4.14. The maximum atomic E-state index is 6.36. The Bertz CT molecular complexity index is 366. The molecule has 16 heavy (non-hydrogen) atoms. The second-order valence-corrected chi connectivity index (χ2v) is 6.22. The molecular weight excluding hydrogens is 381 g/mol. The number of rotatable bonds is 2. The Morgan fingerprint density at radius 1 is 1.38 bits per heavy atom. The lowest BCUT2D eigenvalue weighted by atomic mass is 9.88. The summed E-state index contributed by atoms with van der Waals surface area (Å²) in [5, 5.41) is 0. The van der Waals surface area contributed by atoms with Gasteiger partial charge in [0.2, 0.25) is 0 Å². The van der Waals surface area contributed by atoms with Gasteiger partial charge >= 0.3 is 0 Å². The van der Waals surface area contributed by atoms with Crippen molar-refractivity contribution >= 4 is 38.5 Å². The topological polar surface area (TPSA) is 35.2 Å². The van der Waals surface area contributed by atoms with Crippen LogP contribution in [0.4, 0.5) is 0 Å². The van der Waals surface area contributed by atoms with Crippen molar-refractivity contribution in [1.29, 1.82) is 0 Å². The van der Waals surface area contributed by atoms with Crippen LogP contribution in [0.3, 0.4) is 0 Å². The molecule has 2 N–H and O–H groups in total. The van der Waals surface area contributed by atoms with Gasteiger partial charge in [-0.05, 0) is 65.1 Å². The summed E-state index contributed by atoms with van der Waals surface area (Å²) >= 11 is 5.86. The molecule has 1 unspecified atom stereocenters. The number of hydrogen-bond donors (Lipinski definition) is 1. The van der Waals surface area contributed by atoms with Crippen molar-refractivity contribution in [2.45, 2.75) is 18.9 Å². The van der Waals surface area contributed by atoms with Crippen LogP contribution >= 0.6 is 38.5 Å². The van der Waals surface area contributed by atoms with E-state index < -0.39 is 0 Å². The highest BCUT2D eigenvalue weighted by molar-refractivity contribution is 14.1. The molecule has 1 heterocycles. The molecule has 1 aromatic carbocycles. The van der Waals surface area contributed by atoms with E-state index in [4.69, 9.17) is 10.5 Å². The minimum atomic E-state index is 0.133. The molecule has 2 rings (SSSR count). The molecule has 1 aromatic rings. The van der Waals surface area contributed by atoms with Crippen LogP contribution in [0.15, 0.2) is 22.7 Å². The number of benzene rings is 1. The fraction of sp³-hybridized carbons (Fsp3) is 0.500. The zero-order valence-electron chi connectivity index (χ0n) is 8.96. The third-order valence-corrected chi connectivity index (χ3v) is 4.57. The van der Waals surface area contributed by atoms with E-state index in [2.05, 4.69) is 56.7 Å². The summed E-state index contributed by atoms with van der Waals surface area (Å²) in [5.41, 5.74) is 7.61. The van der Waals surface area contributed by atoms with Crippen LogP contribution in [0.25, 0.3) is 0 Å². The summed E-state index contributed by atoms with van der Waals surface area (Å²) < 4.78 is 7.73. The predicted molar refractivity (Wildman–Crippen MR) is 77.3 cm³/mol. The molecular formula is C12H15BrINO. The van der Waals surface area contributed by atoms with Crippen molar-refractivity contribution in [1.82, 2.24) is 0 Å². The standard InChI is InChI=1S/C12H15BrINO/c13-9-1-2-11(14)10(7-9)12(15)8-3-5-16-6-4-8/h1-2,7-8,12H,3-6,15H2. The lowest BCUT2D eigenvalue weighted by Crippen LogP contribution is -2.28. The summed E-state index contributed by atoms with van der Waals surface area (Å²) in [7, 11) is 0. The second kappa shape index (κ2) is 5.80. The van der Waals surface area contributed by atoms with Crippen LogP contribution in [0.5, 0.6) is 0 Å². The third-order valence-electron chi connectivity index (χ3n) is 3.09. The highest BCUT2D eigenvalue weighted by Gasteiger charge is 2.23. The van der Waals surface area contributed by atoms with Crippen LogP contribution in [-0.2, 0) is 4.74 Å².